The lowest BCUT2D eigenvalue weighted by Crippen LogP contribution is -2.12. The van der Waals surface area contributed by atoms with E-state index in [0.29, 0.717) is 17.2 Å². The van der Waals surface area contributed by atoms with E-state index in [0.717, 1.165) is 22.0 Å². The first-order valence-electron chi connectivity index (χ1n) is 7.08. The average Bonchev–Trinajstić information content (AvgIpc) is 3.24. The van der Waals surface area contributed by atoms with Crippen molar-refractivity contribution in [2.75, 3.05) is 12.4 Å². The van der Waals surface area contributed by atoms with Crippen LogP contribution in [0.4, 0.5) is 11.6 Å². The Hall–Kier alpha value is -3.62. The molecule has 0 fully saturated rings. The molecule has 24 heavy (non-hydrogen) atoms. The molecule has 0 saturated carbocycles. The van der Waals surface area contributed by atoms with E-state index in [-0.39, 0.29) is 5.56 Å². The first-order chi connectivity index (χ1) is 11.7. The summed E-state index contributed by atoms with van der Waals surface area (Å²) < 4.78 is 5.27. The molecule has 0 saturated heterocycles. The van der Waals surface area contributed by atoms with Crippen LogP contribution in [0, 0.1) is 0 Å². The number of nitrogens with one attached hydrogen (secondary N) is 3. The number of anilines is 2. The van der Waals surface area contributed by atoms with Gasteiger partial charge in [-0.2, -0.15) is 10.2 Å². The van der Waals surface area contributed by atoms with Gasteiger partial charge in [-0.05, 0) is 18.2 Å². The van der Waals surface area contributed by atoms with E-state index in [9.17, 15) is 4.79 Å². The largest absolute Gasteiger partial charge is 0.497 e. The Morgan fingerprint density at radius 3 is 2.83 bits per heavy atom. The zero-order chi connectivity index (χ0) is 16.7. The summed E-state index contributed by atoms with van der Waals surface area (Å²) in [5.74, 6) is 1.03. The molecule has 3 heterocycles. The number of nitrogens with two attached hydrogens (primary N) is 1. The second kappa shape index (κ2) is 5.23. The molecular weight excluding hydrogens is 310 g/mol. The molecule has 4 rings (SSSR count). The third-order valence-electron chi connectivity index (χ3n) is 3.75. The van der Waals surface area contributed by atoms with E-state index in [4.69, 9.17) is 10.5 Å². The van der Waals surface area contributed by atoms with Crippen molar-refractivity contribution >= 4 is 39.3 Å². The smallest absolute Gasteiger partial charge is 0.254 e. The van der Waals surface area contributed by atoms with Gasteiger partial charge in [0.25, 0.3) is 5.91 Å². The predicted molar refractivity (Wildman–Crippen MR) is 88.3 cm³/mol. The van der Waals surface area contributed by atoms with Crippen LogP contribution >= 0.6 is 0 Å². The Labute approximate surface area is 135 Å². The number of aromatic amines is 2. The summed E-state index contributed by atoms with van der Waals surface area (Å²) in [4.78, 5) is 16.0. The van der Waals surface area contributed by atoms with Crippen molar-refractivity contribution in [3.8, 4) is 5.75 Å². The van der Waals surface area contributed by atoms with Gasteiger partial charge >= 0.3 is 0 Å². The van der Waals surface area contributed by atoms with Crippen LogP contribution in [0.2, 0.25) is 0 Å². The molecular formula is C15H13N7O2. The minimum absolute atomic E-state index is 0.249. The lowest BCUT2D eigenvalue weighted by Gasteiger charge is -2.09. The molecule has 0 aliphatic carbocycles. The van der Waals surface area contributed by atoms with Gasteiger partial charge in [-0.3, -0.25) is 15.0 Å². The zero-order valence-electron chi connectivity index (χ0n) is 12.6. The SMILES string of the molecule is COc1ccc2nc(Nc3[nH]ncc3C(N)=O)c3[nH]ncc3c2c1. The number of pyridine rings is 1. The van der Waals surface area contributed by atoms with Crippen LogP contribution in [0.1, 0.15) is 10.4 Å². The highest BCUT2D eigenvalue weighted by atomic mass is 16.5. The molecule has 0 spiro atoms. The molecule has 9 nitrogen and oxygen atoms in total. The van der Waals surface area contributed by atoms with Crippen LogP contribution in [0.15, 0.2) is 30.6 Å². The van der Waals surface area contributed by atoms with Crippen LogP contribution in [-0.4, -0.2) is 38.4 Å². The van der Waals surface area contributed by atoms with Crippen molar-refractivity contribution in [3.63, 3.8) is 0 Å². The van der Waals surface area contributed by atoms with E-state index in [2.05, 4.69) is 30.7 Å². The Morgan fingerprint density at radius 2 is 2.04 bits per heavy atom. The number of fused-ring (bicyclic) bond motifs is 3. The maximum atomic E-state index is 11.4. The monoisotopic (exact) mass is 323 g/mol. The van der Waals surface area contributed by atoms with Gasteiger partial charge in [-0.1, -0.05) is 0 Å². The third kappa shape index (κ3) is 2.10. The second-order valence-electron chi connectivity index (χ2n) is 5.15. The number of hydrogen-bond acceptors (Lipinski definition) is 6. The predicted octanol–water partition coefficient (Wildman–Crippen LogP) is 1.69. The van der Waals surface area contributed by atoms with Gasteiger partial charge in [0, 0.05) is 10.8 Å². The molecule has 1 aromatic carbocycles. The average molecular weight is 323 g/mol. The van der Waals surface area contributed by atoms with E-state index in [1.807, 2.05) is 18.2 Å². The first-order valence-corrected chi connectivity index (χ1v) is 7.08. The number of ether oxygens (including phenoxy) is 1. The Bertz CT molecular complexity index is 1070. The summed E-state index contributed by atoms with van der Waals surface area (Å²) in [6.45, 7) is 0. The second-order valence-corrected chi connectivity index (χ2v) is 5.15. The van der Waals surface area contributed by atoms with Crippen molar-refractivity contribution in [2.24, 2.45) is 5.73 Å². The van der Waals surface area contributed by atoms with E-state index < -0.39 is 5.91 Å². The maximum absolute atomic E-state index is 11.4. The summed E-state index contributed by atoms with van der Waals surface area (Å²) in [6.07, 6.45) is 3.08. The molecule has 5 N–H and O–H groups in total. The fraction of sp³-hybridized carbons (Fsp3) is 0.0667. The van der Waals surface area contributed by atoms with Crippen molar-refractivity contribution in [2.45, 2.75) is 0 Å². The molecule has 0 bridgehead atoms. The summed E-state index contributed by atoms with van der Waals surface area (Å²) >= 11 is 0. The highest BCUT2D eigenvalue weighted by Gasteiger charge is 2.15. The number of hydrogen-bond donors (Lipinski definition) is 4. The maximum Gasteiger partial charge on any atom is 0.254 e. The van der Waals surface area contributed by atoms with Crippen molar-refractivity contribution in [1.29, 1.82) is 0 Å². The van der Waals surface area contributed by atoms with E-state index >= 15 is 0 Å². The van der Waals surface area contributed by atoms with Crippen molar-refractivity contribution < 1.29 is 9.53 Å². The fourth-order valence-electron chi connectivity index (χ4n) is 2.58. The van der Waals surface area contributed by atoms with Gasteiger partial charge in [0.2, 0.25) is 0 Å². The summed E-state index contributed by atoms with van der Waals surface area (Å²) in [7, 11) is 1.61. The summed E-state index contributed by atoms with van der Waals surface area (Å²) in [5, 5.41) is 18.4. The Kier molecular flexibility index (Phi) is 3.05. The number of carbonyl (C=O) groups is 1. The number of aromatic nitrogens is 5. The number of primary amides is 1. The lowest BCUT2D eigenvalue weighted by atomic mass is 10.1. The summed E-state index contributed by atoms with van der Waals surface area (Å²) in [6, 6.07) is 5.58. The molecule has 3 aromatic heterocycles. The molecule has 9 heteroatoms. The van der Waals surface area contributed by atoms with Crippen LogP contribution < -0.4 is 15.8 Å². The quantitative estimate of drug-likeness (QED) is 0.451. The normalized spacial score (nSPS) is 11.0. The van der Waals surface area contributed by atoms with Crippen LogP contribution in [-0.2, 0) is 0 Å². The topological polar surface area (TPSA) is 135 Å². The number of carbonyl (C=O) groups excluding carboxylic acids is 1. The van der Waals surface area contributed by atoms with Crippen molar-refractivity contribution in [3.05, 3.63) is 36.2 Å². The van der Waals surface area contributed by atoms with Crippen LogP contribution in [0.3, 0.4) is 0 Å². The number of methoxy groups -OCH3 is 1. The molecule has 1 amide bonds. The standard InChI is InChI=1S/C15H13N7O2/c1-24-7-2-3-11-8(4-7)9-5-17-21-12(9)15(19-11)20-14-10(13(16)23)6-18-22-14/h2-6H,1H3,(H2,16,23)(H,17,21)(H2,18,19,20,22). The van der Waals surface area contributed by atoms with E-state index in [1.165, 1.54) is 6.20 Å². The minimum atomic E-state index is -0.586. The van der Waals surface area contributed by atoms with Gasteiger partial charge < -0.3 is 15.8 Å². The van der Waals surface area contributed by atoms with Gasteiger partial charge in [0.05, 0.1) is 25.0 Å². The third-order valence-corrected chi connectivity index (χ3v) is 3.75. The first kappa shape index (κ1) is 14.0. The molecule has 0 aliphatic rings. The Balaban J connectivity index is 1.90. The highest BCUT2D eigenvalue weighted by molar-refractivity contribution is 6.09. The Morgan fingerprint density at radius 1 is 1.21 bits per heavy atom. The molecule has 0 unspecified atom stereocenters. The molecule has 4 aromatic rings. The van der Waals surface area contributed by atoms with Crippen LogP contribution in [0.25, 0.3) is 21.8 Å². The molecule has 0 atom stereocenters. The van der Waals surface area contributed by atoms with Gasteiger partial charge in [0.1, 0.15) is 22.6 Å². The number of amides is 1. The van der Waals surface area contributed by atoms with Gasteiger partial charge in [-0.25, -0.2) is 4.98 Å². The minimum Gasteiger partial charge on any atom is -0.497 e. The number of H-pyrrole nitrogens is 2. The highest BCUT2D eigenvalue weighted by Crippen LogP contribution is 2.31. The zero-order valence-corrected chi connectivity index (χ0v) is 12.6. The van der Waals surface area contributed by atoms with Gasteiger partial charge in [0.15, 0.2) is 5.82 Å². The summed E-state index contributed by atoms with van der Waals surface area (Å²) in [5.41, 5.74) is 7.04. The lowest BCUT2D eigenvalue weighted by molar-refractivity contribution is 0.100. The van der Waals surface area contributed by atoms with Gasteiger partial charge in [-0.15, -0.1) is 0 Å². The fourth-order valence-corrected chi connectivity index (χ4v) is 2.58. The number of rotatable bonds is 4. The molecule has 0 radical (unpaired) electrons. The van der Waals surface area contributed by atoms with Crippen LogP contribution in [0.5, 0.6) is 5.75 Å². The molecule has 120 valence electrons. The number of nitrogens with zero attached hydrogens (tertiary/aromatic N) is 3. The van der Waals surface area contributed by atoms with Crippen molar-refractivity contribution in [1.82, 2.24) is 25.4 Å². The van der Waals surface area contributed by atoms with E-state index in [1.54, 1.807) is 13.3 Å². The number of benzene rings is 1. The molecule has 0 aliphatic heterocycles.